The van der Waals surface area contributed by atoms with Crippen LogP contribution in [0.5, 0.6) is 0 Å². The van der Waals surface area contributed by atoms with Crippen LogP contribution in [0, 0.1) is 5.92 Å². The van der Waals surface area contributed by atoms with Crippen LogP contribution < -0.4 is 15.8 Å². The largest absolute Gasteiger partial charge is 0.456 e. The molecule has 5 heteroatoms. The van der Waals surface area contributed by atoms with Gasteiger partial charge in [-0.2, -0.15) is 0 Å². The lowest BCUT2D eigenvalue weighted by Crippen LogP contribution is -2.55. The third kappa shape index (κ3) is 3.35. The first-order valence-electron chi connectivity index (χ1n) is 17.1. The highest BCUT2D eigenvalue weighted by Gasteiger charge is 2.46. The maximum Gasteiger partial charge on any atom is 0.251 e. The summed E-state index contributed by atoms with van der Waals surface area (Å²) in [7, 11) is 0. The highest BCUT2D eigenvalue weighted by atomic mass is 32.1. The van der Waals surface area contributed by atoms with E-state index in [4.69, 9.17) is 4.42 Å². The fourth-order valence-corrected chi connectivity index (χ4v) is 10.2. The second-order valence-corrected chi connectivity index (χ2v) is 16.0. The van der Waals surface area contributed by atoms with Gasteiger partial charge in [0.2, 0.25) is 0 Å². The Labute approximate surface area is 283 Å². The van der Waals surface area contributed by atoms with Crippen LogP contribution in [0.15, 0.2) is 125 Å². The molecule has 8 aromatic rings. The molecule has 0 saturated carbocycles. The smallest absolute Gasteiger partial charge is 0.251 e. The Morgan fingerprint density at radius 2 is 1.52 bits per heavy atom. The Morgan fingerprint density at radius 3 is 2.40 bits per heavy atom. The normalized spacial score (nSPS) is 17.2. The predicted molar refractivity (Wildman–Crippen MR) is 206 cm³/mol. The van der Waals surface area contributed by atoms with Gasteiger partial charge in [-0.05, 0) is 70.0 Å². The molecule has 2 aliphatic heterocycles. The lowest BCUT2D eigenvalue weighted by molar-refractivity contribution is 0.590. The summed E-state index contributed by atoms with van der Waals surface area (Å²) in [5.74, 6) is 0.372. The molecule has 0 N–H and O–H groups in total. The molecule has 0 radical (unpaired) electrons. The molecule has 1 atom stereocenters. The molecule has 3 aromatic heterocycles. The van der Waals surface area contributed by atoms with E-state index in [1.54, 1.807) is 0 Å². The van der Waals surface area contributed by atoms with E-state index in [0.29, 0.717) is 5.92 Å². The lowest BCUT2D eigenvalue weighted by Gasteiger charge is -2.45. The standard InChI is InChI=1S/C43H33BN2OS/c1-24-21-33-39-34(22-24)46-40-28(42-41(46)27-12-6-8-18-37(27)48-42)13-9-14-30(40)44(39)29-20-19-25(43(2,3)4)23-32(29)45(33)31-15-10-17-36-38(31)26-11-5-7-16-35(26)47-36/h5-21,23-24H,22H2,1-4H3. The zero-order valence-corrected chi connectivity index (χ0v) is 28.3. The van der Waals surface area contributed by atoms with Gasteiger partial charge in [0.15, 0.2) is 0 Å². The third-order valence-corrected chi connectivity index (χ3v) is 12.2. The zero-order valence-electron chi connectivity index (χ0n) is 27.5. The number of rotatable bonds is 1. The van der Waals surface area contributed by atoms with E-state index in [0.717, 1.165) is 23.0 Å². The molecule has 0 fully saturated rings. The Morgan fingerprint density at radius 1 is 0.750 bits per heavy atom. The van der Waals surface area contributed by atoms with Gasteiger partial charge in [0.1, 0.15) is 11.2 Å². The summed E-state index contributed by atoms with van der Waals surface area (Å²) in [4.78, 5) is 2.59. The summed E-state index contributed by atoms with van der Waals surface area (Å²) in [6.07, 6.45) is 3.56. The van der Waals surface area contributed by atoms with Crippen LogP contribution in [0.2, 0.25) is 0 Å². The number of anilines is 2. The van der Waals surface area contributed by atoms with Crippen molar-refractivity contribution < 1.29 is 4.42 Å². The number of fused-ring (bicyclic) bond motifs is 12. The van der Waals surface area contributed by atoms with Crippen molar-refractivity contribution in [2.45, 2.75) is 39.5 Å². The quantitative estimate of drug-likeness (QED) is 0.167. The van der Waals surface area contributed by atoms with Crippen molar-refractivity contribution in [3.63, 3.8) is 0 Å². The van der Waals surface area contributed by atoms with Crippen molar-refractivity contribution in [2.24, 2.45) is 5.92 Å². The third-order valence-electron chi connectivity index (χ3n) is 11.1. The van der Waals surface area contributed by atoms with Crippen molar-refractivity contribution in [2.75, 3.05) is 4.90 Å². The van der Waals surface area contributed by atoms with E-state index >= 15 is 0 Å². The van der Waals surface area contributed by atoms with E-state index < -0.39 is 0 Å². The number of furan rings is 1. The summed E-state index contributed by atoms with van der Waals surface area (Å²) in [6, 6.07) is 38.4. The highest BCUT2D eigenvalue weighted by molar-refractivity contribution is 7.26. The summed E-state index contributed by atoms with van der Waals surface area (Å²) < 4.78 is 11.9. The molecular formula is C43H33BN2OS. The number of allylic oxidation sites excluding steroid dienone is 3. The molecule has 3 nitrogen and oxygen atoms in total. The van der Waals surface area contributed by atoms with Gasteiger partial charge in [0, 0.05) is 43.5 Å². The van der Waals surface area contributed by atoms with Gasteiger partial charge in [-0.3, -0.25) is 0 Å². The number of hydrogen-bond acceptors (Lipinski definition) is 3. The van der Waals surface area contributed by atoms with Crippen molar-refractivity contribution >= 4 is 99.2 Å². The van der Waals surface area contributed by atoms with Crippen LogP contribution in [0.25, 0.3) is 58.8 Å². The Balaban J connectivity index is 1.31. The number of thiophene rings is 1. The van der Waals surface area contributed by atoms with Crippen LogP contribution >= 0.6 is 11.3 Å². The Bertz CT molecular complexity index is 2780. The van der Waals surface area contributed by atoms with Crippen LogP contribution in [0.3, 0.4) is 0 Å². The van der Waals surface area contributed by atoms with E-state index in [-0.39, 0.29) is 12.1 Å². The maximum atomic E-state index is 6.48. The minimum atomic E-state index is 0.0112. The summed E-state index contributed by atoms with van der Waals surface area (Å²) >= 11 is 1.94. The SMILES string of the molecule is CC1C=C2C3=C(C1)n1c4c(cccc4c4sc5ccccc5c41)B3c1ccc(C(C)(C)C)cc1N2c1cccc2oc3ccccc3c12. The fourth-order valence-electron chi connectivity index (χ4n) is 9.01. The van der Waals surface area contributed by atoms with Gasteiger partial charge in [-0.25, -0.2) is 0 Å². The molecule has 5 heterocycles. The van der Waals surface area contributed by atoms with E-state index in [1.807, 2.05) is 11.3 Å². The van der Waals surface area contributed by atoms with Crippen LogP contribution in [0.4, 0.5) is 11.4 Å². The van der Waals surface area contributed by atoms with Crippen molar-refractivity contribution in [3.05, 3.63) is 126 Å². The first-order chi connectivity index (χ1) is 23.4. The second kappa shape index (κ2) is 9.12. The van der Waals surface area contributed by atoms with Crippen LogP contribution in [-0.4, -0.2) is 11.3 Å². The van der Waals surface area contributed by atoms with E-state index in [2.05, 4.69) is 146 Å². The first-order valence-corrected chi connectivity index (χ1v) is 17.9. The van der Waals surface area contributed by atoms with Crippen molar-refractivity contribution in [1.82, 2.24) is 4.57 Å². The van der Waals surface area contributed by atoms with Gasteiger partial charge in [-0.1, -0.05) is 107 Å². The zero-order chi connectivity index (χ0) is 32.1. The number of hydrogen-bond donors (Lipinski definition) is 0. The maximum absolute atomic E-state index is 6.48. The average molecular weight is 637 g/mol. The van der Waals surface area contributed by atoms with Gasteiger partial charge < -0.3 is 13.9 Å². The lowest BCUT2D eigenvalue weighted by atomic mass is 9.32. The van der Waals surface area contributed by atoms with Crippen LogP contribution in [0.1, 0.15) is 39.7 Å². The minimum Gasteiger partial charge on any atom is -0.456 e. The highest BCUT2D eigenvalue weighted by Crippen LogP contribution is 2.52. The Kier molecular flexibility index (Phi) is 5.13. The van der Waals surface area contributed by atoms with Gasteiger partial charge in [0.25, 0.3) is 6.71 Å². The monoisotopic (exact) mass is 636 g/mol. The molecule has 230 valence electrons. The predicted octanol–water partition coefficient (Wildman–Crippen LogP) is 10.7. The summed E-state index contributed by atoms with van der Waals surface area (Å²) in [5.41, 5.74) is 15.4. The molecule has 48 heavy (non-hydrogen) atoms. The number of nitrogens with zero attached hydrogens (tertiary/aromatic N) is 2. The molecule has 0 saturated heterocycles. The molecule has 3 aliphatic rings. The van der Waals surface area contributed by atoms with Gasteiger partial charge >= 0.3 is 0 Å². The van der Waals surface area contributed by atoms with E-state index in [9.17, 15) is 0 Å². The second-order valence-electron chi connectivity index (χ2n) is 15.0. The van der Waals surface area contributed by atoms with Gasteiger partial charge in [-0.15, -0.1) is 11.3 Å². The molecular weight excluding hydrogens is 603 g/mol. The molecule has 1 unspecified atom stereocenters. The van der Waals surface area contributed by atoms with Gasteiger partial charge in [0.05, 0.1) is 21.3 Å². The number of benzene rings is 5. The van der Waals surface area contributed by atoms with Crippen LogP contribution in [-0.2, 0) is 5.41 Å². The molecule has 0 spiro atoms. The molecule has 1 aliphatic carbocycles. The molecule has 5 aromatic carbocycles. The number of aromatic nitrogens is 1. The van der Waals surface area contributed by atoms with Crippen molar-refractivity contribution in [1.29, 1.82) is 0 Å². The number of para-hydroxylation sites is 2. The summed E-state index contributed by atoms with van der Waals surface area (Å²) in [5, 5.41) is 5.06. The average Bonchev–Trinajstić information content (AvgIpc) is 3.75. The Hall–Kier alpha value is -5.00. The first kappa shape index (κ1) is 27.0. The minimum absolute atomic E-state index is 0.0112. The summed E-state index contributed by atoms with van der Waals surface area (Å²) in [6.45, 7) is 9.52. The molecule has 11 rings (SSSR count). The topological polar surface area (TPSA) is 21.3 Å². The fraction of sp³-hybridized carbons (Fsp3) is 0.163. The van der Waals surface area contributed by atoms with Crippen molar-refractivity contribution in [3.8, 4) is 0 Å². The molecule has 0 bridgehead atoms. The van der Waals surface area contributed by atoms with E-state index in [1.165, 1.54) is 81.3 Å². The molecule has 0 amide bonds.